The van der Waals surface area contributed by atoms with Crippen molar-refractivity contribution >= 4 is 46.8 Å². The van der Waals surface area contributed by atoms with Gasteiger partial charge in [-0.3, -0.25) is 24.6 Å². The molecule has 1 aliphatic carbocycles. The fourth-order valence-corrected chi connectivity index (χ4v) is 9.34. The van der Waals surface area contributed by atoms with Crippen molar-refractivity contribution in [3.8, 4) is 6.07 Å². The summed E-state index contributed by atoms with van der Waals surface area (Å²) in [5.41, 5.74) is 10.6. The zero-order valence-electron chi connectivity index (χ0n) is 29.4. The summed E-state index contributed by atoms with van der Waals surface area (Å²) in [6, 6.07) is 18.8. The Labute approximate surface area is 304 Å². The van der Waals surface area contributed by atoms with Crippen LogP contribution in [0.25, 0.3) is 10.9 Å². The number of piperidine rings is 2. The zero-order valence-corrected chi connectivity index (χ0v) is 30.3. The monoisotopic (exact) mass is 700 g/mol. The van der Waals surface area contributed by atoms with Crippen LogP contribution in [0.15, 0.2) is 48.5 Å². The minimum absolute atomic E-state index is 0.0555. The minimum atomic E-state index is -0.403. The number of imide groups is 1. The highest BCUT2D eigenvalue weighted by atomic mass is 32.1. The Morgan fingerprint density at radius 2 is 1.84 bits per heavy atom. The Hall–Kier alpha value is -4.43. The Morgan fingerprint density at radius 1 is 1.04 bits per heavy atom. The van der Waals surface area contributed by atoms with Crippen molar-refractivity contribution in [1.82, 2.24) is 20.5 Å². The predicted octanol–water partition coefficient (Wildman–Crippen LogP) is 5.82. The highest BCUT2D eigenvalue weighted by Crippen LogP contribution is 2.46. The van der Waals surface area contributed by atoms with Crippen LogP contribution in [0, 0.1) is 11.3 Å². The number of aromatic nitrogens is 1. The van der Waals surface area contributed by atoms with Crippen molar-refractivity contribution in [1.29, 1.82) is 5.26 Å². The molecule has 51 heavy (non-hydrogen) atoms. The third kappa shape index (κ3) is 5.76. The molecule has 2 amide bonds. The number of nitrogens with one attached hydrogen (secondary N) is 3. The molecular weight excluding hydrogens is 657 g/mol. The van der Waals surface area contributed by atoms with Gasteiger partial charge in [-0.2, -0.15) is 17.9 Å². The van der Waals surface area contributed by atoms with Crippen molar-refractivity contribution in [2.75, 3.05) is 24.5 Å². The minimum Gasteiger partial charge on any atom is -0.371 e. The number of anilines is 1. The van der Waals surface area contributed by atoms with E-state index in [0.29, 0.717) is 31.0 Å². The van der Waals surface area contributed by atoms with E-state index in [0.717, 1.165) is 84.2 Å². The first kappa shape index (κ1) is 33.7. The molecule has 8 rings (SSSR count). The molecule has 10 heteroatoms. The molecule has 2 saturated heterocycles. The van der Waals surface area contributed by atoms with Gasteiger partial charge in [0.15, 0.2) is 5.78 Å². The van der Waals surface area contributed by atoms with Gasteiger partial charge in [0, 0.05) is 65.4 Å². The Kier molecular flexibility index (Phi) is 8.56. The van der Waals surface area contributed by atoms with E-state index in [9.17, 15) is 19.6 Å². The maximum absolute atomic E-state index is 14.1. The lowest BCUT2D eigenvalue weighted by Gasteiger charge is -2.38. The maximum Gasteiger partial charge on any atom is 0.243 e. The normalized spacial score (nSPS) is 21.7. The number of thiol groups is 1. The summed E-state index contributed by atoms with van der Waals surface area (Å²) in [6.45, 7) is 10.00. The number of hydrogen-bond acceptors (Lipinski definition) is 8. The summed E-state index contributed by atoms with van der Waals surface area (Å²) < 4.78 is 0. The summed E-state index contributed by atoms with van der Waals surface area (Å²) >= 11 is 4.84. The predicted molar refractivity (Wildman–Crippen MR) is 201 cm³/mol. The van der Waals surface area contributed by atoms with Crippen LogP contribution >= 0.6 is 12.6 Å². The molecule has 3 aliphatic heterocycles. The molecule has 3 aromatic carbocycles. The van der Waals surface area contributed by atoms with Crippen LogP contribution in [-0.2, 0) is 34.4 Å². The van der Waals surface area contributed by atoms with E-state index in [1.807, 2.05) is 12.1 Å². The van der Waals surface area contributed by atoms with E-state index in [2.05, 4.69) is 82.6 Å². The number of carbonyl (C=O) groups is 3. The molecular formula is C41H44N6O3S. The highest BCUT2D eigenvalue weighted by Gasteiger charge is 2.41. The number of nitrogens with zero attached hydrogens (tertiary/aromatic N) is 3. The second-order valence-corrected chi connectivity index (χ2v) is 15.6. The van der Waals surface area contributed by atoms with Gasteiger partial charge in [-0.15, -0.1) is 0 Å². The van der Waals surface area contributed by atoms with E-state index in [4.69, 9.17) is 12.6 Å². The van der Waals surface area contributed by atoms with Gasteiger partial charge in [0.1, 0.15) is 0 Å². The largest absolute Gasteiger partial charge is 0.371 e. The maximum atomic E-state index is 14.1. The number of nitriles is 1. The summed E-state index contributed by atoms with van der Waals surface area (Å²) in [5, 5.41) is 16.5. The van der Waals surface area contributed by atoms with Gasteiger partial charge in [-0.05, 0) is 90.7 Å². The van der Waals surface area contributed by atoms with Crippen molar-refractivity contribution < 1.29 is 14.4 Å². The number of benzene rings is 3. The van der Waals surface area contributed by atoms with Crippen molar-refractivity contribution in [3.05, 3.63) is 98.7 Å². The molecule has 1 aromatic heterocycles. The fourth-order valence-electron chi connectivity index (χ4n) is 8.85. The third-order valence-electron chi connectivity index (χ3n) is 11.7. The quantitative estimate of drug-likeness (QED) is 0.142. The van der Waals surface area contributed by atoms with Crippen molar-refractivity contribution in [2.45, 2.75) is 88.7 Å². The Morgan fingerprint density at radius 3 is 2.59 bits per heavy atom. The number of aryl methyl sites for hydroxylation is 1. The first-order valence-corrected chi connectivity index (χ1v) is 18.7. The molecule has 9 nitrogen and oxygen atoms in total. The number of carbonyl (C=O) groups excluding carboxylic acids is 3. The van der Waals surface area contributed by atoms with Crippen LogP contribution in [0.2, 0.25) is 0 Å². The summed E-state index contributed by atoms with van der Waals surface area (Å²) in [4.78, 5) is 46.4. The lowest BCUT2D eigenvalue weighted by molar-refractivity contribution is -0.137. The highest BCUT2D eigenvalue weighted by molar-refractivity contribution is 7.80. The number of rotatable bonds is 7. The SMILES string of the molecule is CCc1cc2c(cc1N1CCC(NCCc3ccc4c(c3)CN(C3CCC(=O)NC3=O)C4S)CC1)C(C)(C)c1[nH]c3cc(C#N)ccc3c1C2=O. The number of H-pyrrole nitrogens is 1. The topological polar surface area (TPSA) is 121 Å². The molecule has 2 unspecified atom stereocenters. The van der Waals surface area contributed by atoms with Crippen LogP contribution in [0.5, 0.6) is 0 Å². The first-order chi connectivity index (χ1) is 24.6. The second kappa shape index (κ2) is 13.0. The van der Waals surface area contributed by atoms with E-state index in [-0.39, 0.29) is 29.0 Å². The van der Waals surface area contributed by atoms with Crippen LogP contribution in [0.1, 0.15) is 107 Å². The van der Waals surface area contributed by atoms with Gasteiger partial charge in [0.05, 0.1) is 28.6 Å². The third-order valence-corrected chi connectivity index (χ3v) is 12.3. The summed E-state index contributed by atoms with van der Waals surface area (Å²) in [7, 11) is 0. The van der Waals surface area contributed by atoms with Crippen LogP contribution in [0.4, 0.5) is 5.69 Å². The second-order valence-electron chi connectivity index (χ2n) is 15.1. The van der Waals surface area contributed by atoms with Gasteiger partial charge in [-0.25, -0.2) is 0 Å². The number of amides is 2. The van der Waals surface area contributed by atoms with Gasteiger partial charge in [0.25, 0.3) is 0 Å². The van der Waals surface area contributed by atoms with E-state index in [1.54, 1.807) is 6.07 Å². The summed E-state index contributed by atoms with van der Waals surface area (Å²) in [6.07, 6.45) is 4.76. The lowest BCUT2D eigenvalue weighted by Crippen LogP contribution is -2.51. The molecule has 0 bridgehead atoms. The number of ketones is 1. The van der Waals surface area contributed by atoms with Crippen LogP contribution in [0.3, 0.4) is 0 Å². The number of fused-ring (bicyclic) bond motifs is 5. The molecule has 2 atom stereocenters. The molecule has 4 heterocycles. The Balaban J connectivity index is 0.914. The Bertz CT molecular complexity index is 2140. The van der Waals surface area contributed by atoms with Crippen molar-refractivity contribution in [3.63, 3.8) is 0 Å². The summed E-state index contributed by atoms with van der Waals surface area (Å²) in [5.74, 6) is -0.358. The van der Waals surface area contributed by atoms with E-state index in [1.165, 1.54) is 22.4 Å². The van der Waals surface area contributed by atoms with Gasteiger partial charge in [0.2, 0.25) is 11.8 Å². The molecule has 0 radical (unpaired) electrons. The zero-order chi connectivity index (χ0) is 35.6. The fraction of sp³-hybridized carbons (Fsp3) is 0.415. The van der Waals surface area contributed by atoms with Crippen molar-refractivity contribution in [2.24, 2.45) is 0 Å². The number of aromatic amines is 1. The molecule has 4 aliphatic rings. The average Bonchev–Trinajstić information content (AvgIpc) is 3.68. The van der Waals surface area contributed by atoms with E-state index < -0.39 is 5.41 Å². The lowest BCUT2D eigenvalue weighted by atomic mass is 9.70. The van der Waals surface area contributed by atoms with Gasteiger partial charge in [-0.1, -0.05) is 45.0 Å². The molecule has 0 spiro atoms. The molecule has 4 aromatic rings. The van der Waals surface area contributed by atoms with Gasteiger partial charge >= 0.3 is 0 Å². The van der Waals surface area contributed by atoms with E-state index >= 15 is 0 Å². The number of hydrogen-bond donors (Lipinski definition) is 4. The van der Waals surface area contributed by atoms with Gasteiger partial charge < -0.3 is 15.2 Å². The molecule has 3 N–H and O–H groups in total. The van der Waals surface area contributed by atoms with Crippen LogP contribution < -0.4 is 15.5 Å². The standard InChI is InChI=1S/C41H44N6O3S/c1-4-25-19-30-31(41(2,3)38-36(37(30)49)29-8-6-24(21-42)18-32(29)44-38)20-34(25)46-15-12-27(13-16-46)43-14-11-23-5-7-28-26(17-23)22-47(40(28)51)33-9-10-35(48)45-39(33)50/h5-8,17-20,27,33,40,43-44,51H,4,9-16,22H2,1-3H3,(H,45,48,50). The molecule has 262 valence electrons. The van der Waals surface area contributed by atoms with Crippen LogP contribution in [-0.4, -0.2) is 59.2 Å². The smallest absolute Gasteiger partial charge is 0.243 e. The first-order valence-electron chi connectivity index (χ1n) is 18.2. The molecule has 0 saturated carbocycles. The average molecular weight is 701 g/mol. The molecule has 2 fully saturated rings.